The molecule has 0 aliphatic carbocycles. The molecule has 0 saturated carbocycles. The standard InChI is InChI=1S/C21H17BrN2O4S/c1-15-5-11-20(12-6-15)29(26,27)28-19-9-7-16(8-10-19)14-23-24-21(25)17-3-2-4-18(22)13-17/h2-14H,1H3,(H,24,25). The van der Waals surface area contributed by atoms with Gasteiger partial charge in [-0.05, 0) is 67.1 Å². The van der Waals surface area contributed by atoms with Gasteiger partial charge >= 0.3 is 10.1 Å². The predicted octanol–water partition coefficient (Wildman–Crippen LogP) is 4.29. The Labute approximate surface area is 177 Å². The van der Waals surface area contributed by atoms with Crippen LogP contribution in [0.15, 0.2) is 87.3 Å². The molecule has 0 radical (unpaired) electrons. The van der Waals surface area contributed by atoms with E-state index in [1.54, 1.807) is 42.5 Å². The van der Waals surface area contributed by atoms with E-state index in [0.717, 1.165) is 10.0 Å². The first-order valence-corrected chi connectivity index (χ1v) is 10.7. The second kappa shape index (κ2) is 9.02. The smallest absolute Gasteiger partial charge is 0.339 e. The molecule has 1 amide bonds. The Bertz CT molecular complexity index is 1140. The highest BCUT2D eigenvalue weighted by atomic mass is 79.9. The lowest BCUT2D eigenvalue weighted by Gasteiger charge is -2.07. The first-order chi connectivity index (χ1) is 13.8. The van der Waals surface area contributed by atoms with Crippen molar-refractivity contribution in [1.82, 2.24) is 5.43 Å². The van der Waals surface area contributed by atoms with Crippen LogP contribution in [0.25, 0.3) is 0 Å². The van der Waals surface area contributed by atoms with E-state index in [4.69, 9.17) is 4.18 Å². The molecule has 3 rings (SSSR count). The molecule has 0 unspecified atom stereocenters. The summed E-state index contributed by atoms with van der Waals surface area (Å²) in [5.41, 5.74) is 4.53. The van der Waals surface area contributed by atoms with Crippen molar-refractivity contribution in [2.75, 3.05) is 0 Å². The van der Waals surface area contributed by atoms with Crippen LogP contribution in [-0.2, 0) is 10.1 Å². The highest BCUT2D eigenvalue weighted by molar-refractivity contribution is 9.10. The van der Waals surface area contributed by atoms with Crippen LogP contribution < -0.4 is 9.61 Å². The summed E-state index contributed by atoms with van der Waals surface area (Å²) in [6.45, 7) is 1.87. The number of halogens is 1. The molecule has 8 heteroatoms. The zero-order valence-corrected chi connectivity index (χ0v) is 17.8. The van der Waals surface area contributed by atoms with Crippen molar-refractivity contribution in [2.45, 2.75) is 11.8 Å². The fourth-order valence-electron chi connectivity index (χ4n) is 2.35. The summed E-state index contributed by atoms with van der Waals surface area (Å²) >= 11 is 3.31. The quantitative estimate of drug-likeness (QED) is 0.329. The molecule has 0 atom stereocenters. The van der Waals surface area contributed by atoms with Gasteiger partial charge in [-0.3, -0.25) is 4.79 Å². The molecular formula is C21H17BrN2O4S. The molecule has 3 aromatic rings. The molecule has 0 aliphatic heterocycles. The van der Waals surface area contributed by atoms with E-state index in [2.05, 4.69) is 26.5 Å². The summed E-state index contributed by atoms with van der Waals surface area (Å²) in [5, 5.41) is 3.91. The molecule has 0 aliphatic rings. The van der Waals surface area contributed by atoms with Gasteiger partial charge in [0.25, 0.3) is 5.91 Å². The number of hydrogen-bond donors (Lipinski definition) is 1. The molecule has 6 nitrogen and oxygen atoms in total. The van der Waals surface area contributed by atoms with Crippen molar-refractivity contribution in [3.05, 3.63) is 94.0 Å². The van der Waals surface area contributed by atoms with E-state index in [1.165, 1.54) is 30.5 Å². The number of hydrazone groups is 1. The predicted molar refractivity (Wildman–Crippen MR) is 115 cm³/mol. The van der Waals surface area contributed by atoms with Gasteiger partial charge in [0.2, 0.25) is 0 Å². The highest BCUT2D eigenvalue weighted by Crippen LogP contribution is 2.19. The number of nitrogens with one attached hydrogen (secondary N) is 1. The molecule has 0 bridgehead atoms. The van der Waals surface area contributed by atoms with Crippen LogP contribution >= 0.6 is 15.9 Å². The Morgan fingerprint density at radius 3 is 2.38 bits per heavy atom. The molecule has 0 heterocycles. The average Bonchev–Trinajstić information content (AvgIpc) is 2.69. The second-order valence-corrected chi connectivity index (χ2v) is 8.59. The van der Waals surface area contributed by atoms with Gasteiger partial charge in [-0.25, -0.2) is 5.43 Å². The zero-order valence-electron chi connectivity index (χ0n) is 15.4. The Morgan fingerprint density at radius 1 is 1.03 bits per heavy atom. The number of hydrogen-bond acceptors (Lipinski definition) is 5. The van der Waals surface area contributed by atoms with E-state index in [1.807, 2.05) is 13.0 Å². The number of amides is 1. The number of carbonyl (C=O) groups excluding carboxylic acids is 1. The van der Waals surface area contributed by atoms with Gasteiger partial charge in [-0.15, -0.1) is 0 Å². The van der Waals surface area contributed by atoms with Crippen LogP contribution in [0.2, 0.25) is 0 Å². The lowest BCUT2D eigenvalue weighted by molar-refractivity contribution is 0.0955. The topological polar surface area (TPSA) is 84.8 Å². The Hall–Kier alpha value is -2.97. The first-order valence-electron chi connectivity index (χ1n) is 8.54. The Kier molecular flexibility index (Phi) is 6.46. The highest BCUT2D eigenvalue weighted by Gasteiger charge is 2.16. The van der Waals surface area contributed by atoms with Crippen molar-refractivity contribution in [3.8, 4) is 5.75 Å². The molecule has 148 valence electrons. The van der Waals surface area contributed by atoms with Gasteiger partial charge < -0.3 is 4.18 Å². The molecule has 0 fully saturated rings. The van der Waals surface area contributed by atoms with Crippen LogP contribution in [0, 0.1) is 6.92 Å². The van der Waals surface area contributed by atoms with E-state index >= 15 is 0 Å². The molecule has 0 saturated heterocycles. The van der Waals surface area contributed by atoms with Crippen molar-refractivity contribution in [3.63, 3.8) is 0 Å². The van der Waals surface area contributed by atoms with Gasteiger partial charge in [0, 0.05) is 10.0 Å². The lowest BCUT2D eigenvalue weighted by atomic mass is 10.2. The third kappa shape index (κ3) is 5.75. The van der Waals surface area contributed by atoms with Gasteiger partial charge in [0.1, 0.15) is 10.6 Å². The number of carbonyl (C=O) groups is 1. The van der Waals surface area contributed by atoms with Crippen LogP contribution in [0.3, 0.4) is 0 Å². The van der Waals surface area contributed by atoms with Crippen molar-refractivity contribution in [1.29, 1.82) is 0 Å². The fourth-order valence-corrected chi connectivity index (χ4v) is 3.68. The van der Waals surface area contributed by atoms with Crippen molar-refractivity contribution in [2.24, 2.45) is 5.10 Å². The minimum atomic E-state index is -3.90. The Balaban J connectivity index is 1.62. The first kappa shape index (κ1) is 20.8. The molecule has 0 spiro atoms. The van der Waals surface area contributed by atoms with E-state index in [9.17, 15) is 13.2 Å². The number of benzene rings is 3. The third-order valence-electron chi connectivity index (χ3n) is 3.86. The van der Waals surface area contributed by atoms with Gasteiger partial charge in [0.15, 0.2) is 0 Å². The number of rotatable bonds is 6. The molecule has 0 aromatic heterocycles. The molecular weight excluding hydrogens is 456 g/mol. The molecule has 1 N–H and O–H groups in total. The van der Waals surface area contributed by atoms with Gasteiger partial charge in [-0.2, -0.15) is 13.5 Å². The third-order valence-corrected chi connectivity index (χ3v) is 5.62. The summed E-state index contributed by atoms with van der Waals surface area (Å²) < 4.78 is 30.6. The number of nitrogens with zero attached hydrogens (tertiary/aromatic N) is 1. The minimum Gasteiger partial charge on any atom is -0.379 e. The summed E-state index contributed by atoms with van der Waals surface area (Å²) in [7, 11) is -3.90. The maximum absolute atomic E-state index is 12.3. The van der Waals surface area contributed by atoms with Gasteiger partial charge in [0.05, 0.1) is 6.21 Å². The molecule has 29 heavy (non-hydrogen) atoms. The van der Waals surface area contributed by atoms with E-state index < -0.39 is 10.1 Å². The summed E-state index contributed by atoms with van der Waals surface area (Å²) in [6.07, 6.45) is 1.45. The number of aryl methyl sites for hydroxylation is 1. The molecule has 3 aromatic carbocycles. The van der Waals surface area contributed by atoms with Crippen LogP contribution in [0.5, 0.6) is 5.75 Å². The van der Waals surface area contributed by atoms with Crippen LogP contribution in [-0.4, -0.2) is 20.5 Å². The maximum atomic E-state index is 12.3. The van der Waals surface area contributed by atoms with Crippen molar-refractivity contribution < 1.29 is 17.4 Å². The van der Waals surface area contributed by atoms with E-state index in [0.29, 0.717) is 11.1 Å². The monoisotopic (exact) mass is 472 g/mol. The maximum Gasteiger partial charge on any atom is 0.339 e. The van der Waals surface area contributed by atoms with E-state index in [-0.39, 0.29) is 16.6 Å². The van der Waals surface area contributed by atoms with Gasteiger partial charge in [-0.1, -0.05) is 39.7 Å². The Morgan fingerprint density at radius 2 is 1.72 bits per heavy atom. The fraction of sp³-hybridized carbons (Fsp3) is 0.0476. The van der Waals surface area contributed by atoms with Crippen molar-refractivity contribution >= 4 is 38.2 Å². The zero-order chi connectivity index (χ0) is 20.9. The SMILES string of the molecule is Cc1ccc(S(=O)(=O)Oc2ccc(C=NNC(=O)c3cccc(Br)c3)cc2)cc1. The van der Waals surface area contributed by atoms with Crippen LogP contribution in [0.4, 0.5) is 0 Å². The second-order valence-electron chi connectivity index (χ2n) is 6.13. The van der Waals surface area contributed by atoms with Crippen LogP contribution in [0.1, 0.15) is 21.5 Å². The normalized spacial score (nSPS) is 11.4. The summed E-state index contributed by atoms with van der Waals surface area (Å²) in [4.78, 5) is 12.1. The summed E-state index contributed by atoms with van der Waals surface area (Å²) in [6, 6.07) is 19.7. The average molecular weight is 473 g/mol. The lowest BCUT2D eigenvalue weighted by Crippen LogP contribution is -2.17. The summed E-state index contributed by atoms with van der Waals surface area (Å²) in [5.74, 6) is -0.160. The largest absolute Gasteiger partial charge is 0.379 e. The minimum absolute atomic E-state index is 0.0870.